The molecule has 15 heavy (non-hydrogen) atoms. The molecule has 0 aliphatic heterocycles. The summed E-state index contributed by atoms with van der Waals surface area (Å²) >= 11 is 0. The molecule has 0 aliphatic carbocycles. The molecule has 0 aromatic carbocycles. The van der Waals surface area contributed by atoms with Gasteiger partial charge in [-0.2, -0.15) is 0 Å². The van der Waals surface area contributed by atoms with E-state index in [-0.39, 0.29) is 23.4 Å². The molecule has 0 atom stereocenters. The highest BCUT2D eigenvalue weighted by molar-refractivity contribution is 5.96. The van der Waals surface area contributed by atoms with Crippen LogP contribution in [0.15, 0.2) is 12.7 Å². The summed E-state index contributed by atoms with van der Waals surface area (Å²) in [4.78, 5) is 21.0. The predicted octanol–water partition coefficient (Wildman–Crippen LogP) is 2.63. The van der Waals surface area contributed by atoms with Crippen LogP contribution >= 0.6 is 0 Å². The van der Waals surface area contributed by atoms with E-state index in [2.05, 4.69) is 18.4 Å². The van der Waals surface area contributed by atoms with Gasteiger partial charge in [0.15, 0.2) is 5.78 Å². The lowest BCUT2D eigenvalue weighted by Gasteiger charge is -1.92. The van der Waals surface area contributed by atoms with Gasteiger partial charge in [-0.05, 0) is 18.9 Å². The second-order valence-electron chi connectivity index (χ2n) is 3.66. The van der Waals surface area contributed by atoms with Crippen molar-refractivity contribution in [3.05, 3.63) is 12.7 Å². The van der Waals surface area contributed by atoms with Crippen molar-refractivity contribution in [2.75, 3.05) is 0 Å². The number of allylic oxidation sites excluding steroid dienone is 1. The van der Waals surface area contributed by atoms with Gasteiger partial charge in [-0.3, -0.25) is 9.59 Å². The minimum absolute atomic E-state index is 0.0208. The van der Waals surface area contributed by atoms with Crippen LogP contribution in [0.4, 0.5) is 0 Å². The molecule has 0 N–H and O–H groups in total. The number of carbonyl (C=O) groups is 2. The molecule has 0 saturated heterocycles. The molecule has 2 heteroatoms. The SMILES string of the molecule is C=CC(=O)C(C)C.CC#CC(=O)C(C)C. The minimum atomic E-state index is 0.0208. The van der Waals surface area contributed by atoms with Crippen LogP contribution in [0, 0.1) is 23.7 Å². The summed E-state index contributed by atoms with van der Waals surface area (Å²) in [6, 6.07) is 0. The maximum atomic E-state index is 10.6. The summed E-state index contributed by atoms with van der Waals surface area (Å²) in [5.74, 6) is 5.30. The van der Waals surface area contributed by atoms with Crippen molar-refractivity contribution in [3.63, 3.8) is 0 Å². The Morgan fingerprint density at radius 2 is 1.60 bits per heavy atom. The van der Waals surface area contributed by atoms with E-state index in [1.807, 2.05) is 27.7 Å². The number of hydrogen-bond acceptors (Lipinski definition) is 2. The molecule has 0 unspecified atom stereocenters. The summed E-state index contributed by atoms with van der Waals surface area (Å²) in [5.41, 5.74) is 0. The molecule has 0 aromatic rings. The summed E-state index contributed by atoms with van der Waals surface area (Å²) in [6.07, 6.45) is 1.35. The van der Waals surface area contributed by atoms with Gasteiger partial charge >= 0.3 is 0 Å². The number of carbonyl (C=O) groups excluding carboxylic acids is 2. The Hall–Kier alpha value is -1.36. The number of ketones is 2. The van der Waals surface area contributed by atoms with E-state index in [0.29, 0.717) is 0 Å². The van der Waals surface area contributed by atoms with Crippen LogP contribution in [0.1, 0.15) is 34.6 Å². The van der Waals surface area contributed by atoms with Gasteiger partial charge in [0.1, 0.15) is 0 Å². The van der Waals surface area contributed by atoms with Gasteiger partial charge in [0.25, 0.3) is 0 Å². The molecule has 0 rings (SSSR count). The molecule has 2 nitrogen and oxygen atoms in total. The zero-order chi connectivity index (χ0) is 12.4. The third kappa shape index (κ3) is 10.6. The van der Waals surface area contributed by atoms with Crippen LogP contribution in [-0.2, 0) is 9.59 Å². The predicted molar refractivity (Wildman–Crippen MR) is 63.3 cm³/mol. The fraction of sp³-hybridized carbons (Fsp3) is 0.538. The van der Waals surface area contributed by atoms with Crippen molar-refractivity contribution in [2.45, 2.75) is 34.6 Å². The van der Waals surface area contributed by atoms with E-state index in [0.717, 1.165) is 0 Å². The van der Waals surface area contributed by atoms with Gasteiger partial charge in [0.2, 0.25) is 5.78 Å². The molecule has 0 amide bonds. The Balaban J connectivity index is 0. The van der Waals surface area contributed by atoms with Gasteiger partial charge < -0.3 is 0 Å². The van der Waals surface area contributed by atoms with Crippen LogP contribution in [-0.4, -0.2) is 11.6 Å². The van der Waals surface area contributed by atoms with E-state index in [4.69, 9.17) is 0 Å². The Bertz CT molecular complexity index is 275. The van der Waals surface area contributed by atoms with Crippen molar-refractivity contribution in [1.82, 2.24) is 0 Å². The van der Waals surface area contributed by atoms with Gasteiger partial charge in [-0.25, -0.2) is 0 Å². The van der Waals surface area contributed by atoms with Crippen molar-refractivity contribution in [3.8, 4) is 11.8 Å². The highest BCUT2D eigenvalue weighted by Gasteiger charge is 2.00. The van der Waals surface area contributed by atoms with Gasteiger partial charge in [-0.15, -0.1) is 0 Å². The van der Waals surface area contributed by atoms with E-state index in [9.17, 15) is 9.59 Å². The maximum absolute atomic E-state index is 10.6. The number of rotatable bonds is 3. The smallest absolute Gasteiger partial charge is 0.207 e. The standard InChI is InChI=1S/C7H10O.C6H10O/c1-4-5-7(8)6(2)3;1-4-6(7)5(2)3/h6H,1-3H3;4-5H,1H2,2-3H3. The maximum Gasteiger partial charge on any atom is 0.207 e. The topological polar surface area (TPSA) is 34.1 Å². The Labute approximate surface area is 92.8 Å². The molecule has 0 radical (unpaired) electrons. The van der Waals surface area contributed by atoms with Gasteiger partial charge in [0.05, 0.1) is 0 Å². The first kappa shape index (κ1) is 16.1. The lowest BCUT2D eigenvalue weighted by Crippen LogP contribution is -2.02. The molecular weight excluding hydrogens is 188 g/mol. The monoisotopic (exact) mass is 208 g/mol. The van der Waals surface area contributed by atoms with Gasteiger partial charge in [0, 0.05) is 11.8 Å². The van der Waals surface area contributed by atoms with Crippen LogP contribution in [0.3, 0.4) is 0 Å². The molecular formula is C13H20O2. The van der Waals surface area contributed by atoms with Gasteiger partial charge in [-0.1, -0.05) is 40.2 Å². The van der Waals surface area contributed by atoms with Crippen molar-refractivity contribution in [2.24, 2.45) is 11.8 Å². The first-order valence-electron chi connectivity index (χ1n) is 4.99. The summed E-state index contributed by atoms with van der Waals surface area (Å²) in [5, 5.41) is 0. The van der Waals surface area contributed by atoms with Crippen molar-refractivity contribution >= 4 is 11.6 Å². The van der Waals surface area contributed by atoms with E-state index in [1.165, 1.54) is 6.08 Å². The first-order valence-corrected chi connectivity index (χ1v) is 4.99. The minimum Gasteiger partial charge on any atom is -0.295 e. The molecule has 0 aromatic heterocycles. The van der Waals surface area contributed by atoms with Crippen molar-refractivity contribution in [1.29, 1.82) is 0 Å². The second-order valence-corrected chi connectivity index (χ2v) is 3.66. The van der Waals surface area contributed by atoms with Crippen LogP contribution < -0.4 is 0 Å². The molecule has 0 spiro atoms. The van der Waals surface area contributed by atoms with Crippen molar-refractivity contribution < 1.29 is 9.59 Å². The van der Waals surface area contributed by atoms with E-state index < -0.39 is 0 Å². The molecule has 0 heterocycles. The normalized spacial score (nSPS) is 8.47. The lowest BCUT2D eigenvalue weighted by atomic mass is 10.1. The summed E-state index contributed by atoms with van der Waals surface area (Å²) in [7, 11) is 0. The fourth-order valence-electron chi connectivity index (χ4n) is 0.503. The van der Waals surface area contributed by atoms with Crippen LogP contribution in [0.2, 0.25) is 0 Å². The molecule has 0 saturated carbocycles. The highest BCUT2D eigenvalue weighted by atomic mass is 16.1. The average molecular weight is 208 g/mol. The first-order chi connectivity index (χ1) is 6.86. The largest absolute Gasteiger partial charge is 0.295 e. The number of hydrogen-bond donors (Lipinski definition) is 0. The average Bonchev–Trinajstić information content (AvgIpc) is 2.17. The number of Topliss-reactive ketones (excluding diaryl/α,β-unsaturated/α-hetero) is 1. The molecule has 0 fully saturated rings. The second kappa shape index (κ2) is 9.21. The van der Waals surface area contributed by atoms with Crippen LogP contribution in [0.25, 0.3) is 0 Å². The lowest BCUT2D eigenvalue weighted by molar-refractivity contribution is -0.117. The Kier molecular flexibility index (Phi) is 9.87. The zero-order valence-electron chi connectivity index (χ0n) is 10.3. The Morgan fingerprint density at radius 3 is 1.67 bits per heavy atom. The van der Waals surface area contributed by atoms with E-state index >= 15 is 0 Å². The zero-order valence-corrected chi connectivity index (χ0v) is 10.3. The quantitative estimate of drug-likeness (QED) is 0.406. The summed E-state index contributed by atoms with van der Waals surface area (Å²) in [6.45, 7) is 12.4. The third-order valence-corrected chi connectivity index (χ3v) is 1.54. The molecule has 0 bridgehead atoms. The molecule has 0 aliphatic rings. The van der Waals surface area contributed by atoms with E-state index in [1.54, 1.807) is 6.92 Å². The Morgan fingerprint density at radius 1 is 1.13 bits per heavy atom. The highest BCUT2D eigenvalue weighted by Crippen LogP contribution is 1.92. The fourth-order valence-corrected chi connectivity index (χ4v) is 0.503. The van der Waals surface area contributed by atoms with Crippen LogP contribution in [0.5, 0.6) is 0 Å². The summed E-state index contributed by atoms with van der Waals surface area (Å²) < 4.78 is 0. The molecule has 84 valence electrons. The third-order valence-electron chi connectivity index (χ3n) is 1.54.